The average molecular weight is 277 g/mol. The van der Waals surface area contributed by atoms with Gasteiger partial charge in [-0.15, -0.1) is 0 Å². The lowest BCUT2D eigenvalue weighted by atomic mass is 10.4. The Hall–Kier alpha value is -2.64. The fourth-order valence-electron chi connectivity index (χ4n) is 1.67. The average Bonchev–Trinajstić information content (AvgIpc) is 2.87. The van der Waals surface area contributed by atoms with E-state index in [9.17, 15) is 9.59 Å². The molecule has 0 saturated heterocycles. The Morgan fingerprint density at radius 1 is 1.55 bits per heavy atom. The molecular formula is C12H15N5O3. The Kier molecular flexibility index (Phi) is 4.14. The number of aryl methyl sites for hydroxylation is 1. The number of anilines is 1. The molecule has 2 aromatic heterocycles. The molecule has 8 nitrogen and oxygen atoms in total. The van der Waals surface area contributed by atoms with Gasteiger partial charge in [-0.25, -0.2) is 14.8 Å². The Bertz CT molecular complexity index is 661. The Morgan fingerprint density at radius 3 is 3.00 bits per heavy atom. The molecule has 0 aliphatic rings. The van der Waals surface area contributed by atoms with Crippen molar-refractivity contribution in [3.8, 4) is 0 Å². The Balaban J connectivity index is 1.93. The van der Waals surface area contributed by atoms with Crippen molar-refractivity contribution in [2.75, 3.05) is 11.9 Å². The van der Waals surface area contributed by atoms with Gasteiger partial charge in [0, 0.05) is 31.8 Å². The zero-order chi connectivity index (χ0) is 14.5. The van der Waals surface area contributed by atoms with Gasteiger partial charge in [0.2, 0.25) is 0 Å². The molecule has 0 aromatic carbocycles. The van der Waals surface area contributed by atoms with Crippen LogP contribution < -0.4 is 10.9 Å². The standard InChI is InChI=1S/C12H15N5O3/c1-2-9-15-10(5-11(18)16-9)13-3-4-17-6-8(12(19)20)14-7-17/h5-7H,2-4H2,1H3,(H,19,20)(H2,13,15,16,18). The molecule has 3 N–H and O–H groups in total. The molecule has 0 spiro atoms. The summed E-state index contributed by atoms with van der Waals surface area (Å²) >= 11 is 0. The number of imidazole rings is 1. The number of nitrogens with one attached hydrogen (secondary N) is 2. The molecule has 2 heterocycles. The van der Waals surface area contributed by atoms with Gasteiger partial charge in [-0.2, -0.15) is 0 Å². The molecule has 0 fully saturated rings. The fourth-order valence-corrected chi connectivity index (χ4v) is 1.67. The van der Waals surface area contributed by atoms with Gasteiger partial charge in [0.15, 0.2) is 5.69 Å². The first-order valence-corrected chi connectivity index (χ1v) is 6.17. The first-order chi connectivity index (χ1) is 9.58. The zero-order valence-corrected chi connectivity index (χ0v) is 11.0. The number of hydrogen-bond donors (Lipinski definition) is 3. The van der Waals surface area contributed by atoms with Gasteiger partial charge in [-0.1, -0.05) is 6.92 Å². The van der Waals surface area contributed by atoms with Crippen molar-refractivity contribution in [3.63, 3.8) is 0 Å². The molecule has 0 aliphatic carbocycles. The van der Waals surface area contributed by atoms with Crippen LogP contribution in [-0.4, -0.2) is 37.1 Å². The minimum Gasteiger partial charge on any atom is -0.476 e. The first-order valence-electron chi connectivity index (χ1n) is 6.17. The molecule has 0 amide bonds. The predicted molar refractivity (Wildman–Crippen MR) is 71.9 cm³/mol. The van der Waals surface area contributed by atoms with Crippen LogP contribution >= 0.6 is 0 Å². The van der Waals surface area contributed by atoms with E-state index < -0.39 is 5.97 Å². The minimum absolute atomic E-state index is 0.00699. The van der Waals surface area contributed by atoms with Crippen LogP contribution in [0, 0.1) is 0 Å². The van der Waals surface area contributed by atoms with Gasteiger partial charge in [-0.05, 0) is 0 Å². The second-order valence-corrected chi connectivity index (χ2v) is 4.16. The lowest BCUT2D eigenvalue weighted by Gasteiger charge is -2.06. The van der Waals surface area contributed by atoms with Crippen LogP contribution in [0.3, 0.4) is 0 Å². The number of carboxylic acid groups (broad SMARTS) is 1. The number of rotatable bonds is 6. The summed E-state index contributed by atoms with van der Waals surface area (Å²) in [7, 11) is 0. The largest absolute Gasteiger partial charge is 0.476 e. The zero-order valence-electron chi connectivity index (χ0n) is 11.0. The Morgan fingerprint density at radius 2 is 2.35 bits per heavy atom. The third kappa shape index (κ3) is 3.44. The van der Waals surface area contributed by atoms with Crippen LogP contribution in [0.1, 0.15) is 23.2 Å². The van der Waals surface area contributed by atoms with Crippen molar-refractivity contribution < 1.29 is 9.90 Å². The summed E-state index contributed by atoms with van der Waals surface area (Å²) in [4.78, 5) is 32.7. The van der Waals surface area contributed by atoms with Crippen LogP contribution in [0.15, 0.2) is 23.4 Å². The van der Waals surface area contributed by atoms with Crippen molar-refractivity contribution >= 4 is 11.8 Å². The third-order valence-corrected chi connectivity index (χ3v) is 2.65. The number of hydrogen-bond acceptors (Lipinski definition) is 5. The van der Waals surface area contributed by atoms with E-state index in [1.165, 1.54) is 18.6 Å². The minimum atomic E-state index is -1.06. The van der Waals surface area contributed by atoms with Crippen LogP contribution in [-0.2, 0) is 13.0 Å². The molecular weight excluding hydrogens is 262 g/mol. The van der Waals surface area contributed by atoms with E-state index in [0.717, 1.165) is 0 Å². The summed E-state index contributed by atoms with van der Waals surface area (Å²) in [6.45, 7) is 2.94. The number of carbonyl (C=O) groups is 1. The van der Waals surface area contributed by atoms with Gasteiger partial charge in [0.1, 0.15) is 11.6 Å². The highest BCUT2D eigenvalue weighted by molar-refractivity contribution is 5.84. The van der Waals surface area contributed by atoms with Gasteiger partial charge in [0.05, 0.1) is 6.33 Å². The molecule has 0 saturated carbocycles. The number of aromatic nitrogens is 4. The lowest BCUT2D eigenvalue weighted by Crippen LogP contribution is -2.16. The van der Waals surface area contributed by atoms with E-state index in [4.69, 9.17) is 5.11 Å². The summed E-state index contributed by atoms with van der Waals surface area (Å²) < 4.78 is 1.66. The predicted octanol–water partition coefficient (Wildman–Crippen LogP) is 0.339. The van der Waals surface area contributed by atoms with Crippen LogP contribution in [0.4, 0.5) is 5.82 Å². The molecule has 0 unspecified atom stereocenters. The van der Waals surface area contributed by atoms with E-state index in [1.54, 1.807) is 4.57 Å². The SMILES string of the molecule is CCc1nc(NCCn2cnc(C(=O)O)c2)cc(=O)[nH]1. The fraction of sp³-hybridized carbons (Fsp3) is 0.333. The summed E-state index contributed by atoms with van der Waals surface area (Å²) in [6.07, 6.45) is 3.55. The smallest absolute Gasteiger partial charge is 0.356 e. The van der Waals surface area contributed by atoms with Gasteiger partial charge in [0.25, 0.3) is 5.56 Å². The number of aromatic carboxylic acids is 1. The maximum Gasteiger partial charge on any atom is 0.356 e. The normalized spacial score (nSPS) is 10.4. The Labute approximate surface area is 114 Å². The first kappa shape index (κ1) is 13.8. The maximum absolute atomic E-state index is 11.4. The molecule has 20 heavy (non-hydrogen) atoms. The molecule has 0 aliphatic heterocycles. The quantitative estimate of drug-likeness (QED) is 0.701. The highest BCUT2D eigenvalue weighted by Crippen LogP contribution is 2.00. The number of aromatic amines is 1. The number of nitrogens with zero attached hydrogens (tertiary/aromatic N) is 3. The third-order valence-electron chi connectivity index (χ3n) is 2.65. The van der Waals surface area contributed by atoms with E-state index >= 15 is 0 Å². The van der Waals surface area contributed by atoms with Crippen molar-refractivity contribution in [1.29, 1.82) is 0 Å². The number of H-pyrrole nitrogens is 1. The summed E-state index contributed by atoms with van der Waals surface area (Å²) in [5.41, 5.74) is -0.192. The topological polar surface area (TPSA) is 113 Å². The van der Waals surface area contributed by atoms with Gasteiger partial charge < -0.3 is 20.0 Å². The molecule has 0 atom stereocenters. The van der Waals surface area contributed by atoms with Crippen molar-refractivity contribution in [3.05, 3.63) is 40.5 Å². The monoisotopic (exact) mass is 277 g/mol. The summed E-state index contributed by atoms with van der Waals surface area (Å²) in [5.74, 6) is 0.0699. The molecule has 0 bridgehead atoms. The van der Waals surface area contributed by atoms with Gasteiger partial charge >= 0.3 is 5.97 Å². The van der Waals surface area contributed by atoms with E-state index in [-0.39, 0.29) is 11.3 Å². The summed E-state index contributed by atoms with van der Waals surface area (Å²) in [5, 5.41) is 11.8. The highest BCUT2D eigenvalue weighted by atomic mass is 16.4. The lowest BCUT2D eigenvalue weighted by molar-refractivity contribution is 0.0691. The van der Waals surface area contributed by atoms with Crippen LogP contribution in [0.2, 0.25) is 0 Å². The molecule has 0 radical (unpaired) electrons. The van der Waals surface area contributed by atoms with Crippen molar-refractivity contribution in [2.24, 2.45) is 0 Å². The molecule has 8 heteroatoms. The van der Waals surface area contributed by atoms with Crippen LogP contribution in [0.25, 0.3) is 0 Å². The maximum atomic E-state index is 11.4. The van der Waals surface area contributed by atoms with E-state index in [0.29, 0.717) is 31.2 Å². The van der Waals surface area contributed by atoms with Gasteiger partial charge in [-0.3, -0.25) is 4.79 Å². The van der Waals surface area contributed by atoms with Crippen molar-refractivity contribution in [2.45, 2.75) is 19.9 Å². The summed E-state index contributed by atoms with van der Waals surface area (Å²) in [6, 6.07) is 1.38. The number of carboxylic acids is 1. The molecule has 106 valence electrons. The van der Waals surface area contributed by atoms with E-state index in [2.05, 4.69) is 20.3 Å². The second kappa shape index (κ2) is 6.00. The second-order valence-electron chi connectivity index (χ2n) is 4.16. The highest BCUT2D eigenvalue weighted by Gasteiger charge is 2.06. The van der Waals surface area contributed by atoms with E-state index in [1.807, 2.05) is 6.92 Å². The van der Waals surface area contributed by atoms with Crippen LogP contribution in [0.5, 0.6) is 0 Å². The molecule has 2 aromatic rings. The van der Waals surface area contributed by atoms with Crippen molar-refractivity contribution in [1.82, 2.24) is 19.5 Å². The molecule has 2 rings (SSSR count).